The number of phenolic OH excluding ortho intramolecular Hbond substituents is 1. The van der Waals surface area contributed by atoms with Crippen molar-refractivity contribution in [3.63, 3.8) is 0 Å². The molecule has 5 rings (SSSR count). The quantitative estimate of drug-likeness (QED) is 0.393. The molecule has 0 aliphatic heterocycles. The minimum Gasteiger partial charge on any atom is -0.507 e. The molecule has 1 heterocycles. The van der Waals surface area contributed by atoms with Crippen molar-refractivity contribution in [3.05, 3.63) is 90.5 Å². The zero-order valence-corrected chi connectivity index (χ0v) is 14.9. The Labute approximate surface area is 161 Å². The van der Waals surface area contributed by atoms with Crippen molar-refractivity contribution in [3.8, 4) is 17.2 Å². The second-order valence-corrected chi connectivity index (χ2v) is 6.51. The first-order chi connectivity index (χ1) is 13.8. The van der Waals surface area contributed by atoms with Gasteiger partial charge in [-0.1, -0.05) is 48.5 Å². The third-order valence-electron chi connectivity index (χ3n) is 4.68. The molecular formula is C24H16N2O2. The van der Waals surface area contributed by atoms with Crippen molar-refractivity contribution < 1.29 is 9.52 Å². The first kappa shape index (κ1) is 16.3. The lowest BCUT2D eigenvalue weighted by Crippen LogP contribution is -1.85. The standard InChI is InChI=1S/C24H16N2O2/c27-22-13-10-16-6-4-5-9-19(16)20(22)15-25-18-11-12-21-23(14-18)28-24(26-21)17-7-2-1-3-8-17/h1-15,27H. The highest BCUT2D eigenvalue weighted by Crippen LogP contribution is 2.29. The SMILES string of the molecule is Oc1ccc2ccccc2c1C=Nc1ccc2nc(-c3ccccc3)oc2c1. The van der Waals surface area contributed by atoms with Crippen LogP contribution in [0.3, 0.4) is 0 Å². The molecule has 0 spiro atoms. The topological polar surface area (TPSA) is 58.6 Å². The van der Waals surface area contributed by atoms with Crippen LogP contribution in [0.4, 0.5) is 5.69 Å². The van der Waals surface area contributed by atoms with Gasteiger partial charge in [-0.2, -0.15) is 0 Å². The van der Waals surface area contributed by atoms with E-state index in [1.807, 2.05) is 78.9 Å². The summed E-state index contributed by atoms with van der Waals surface area (Å²) in [5.74, 6) is 0.790. The van der Waals surface area contributed by atoms with Crippen LogP contribution in [0, 0.1) is 0 Å². The molecule has 4 nitrogen and oxygen atoms in total. The predicted octanol–water partition coefficient (Wildman–Crippen LogP) is 6.10. The van der Waals surface area contributed by atoms with Gasteiger partial charge in [0.2, 0.25) is 5.89 Å². The number of aromatic nitrogens is 1. The second-order valence-electron chi connectivity index (χ2n) is 6.51. The molecule has 0 aliphatic rings. The summed E-state index contributed by atoms with van der Waals surface area (Å²) in [4.78, 5) is 9.09. The molecule has 4 aromatic carbocycles. The first-order valence-corrected chi connectivity index (χ1v) is 8.99. The van der Waals surface area contributed by atoms with E-state index in [0.717, 1.165) is 27.5 Å². The Morgan fingerprint density at radius 2 is 1.68 bits per heavy atom. The highest BCUT2D eigenvalue weighted by Gasteiger charge is 2.09. The average Bonchev–Trinajstić information content (AvgIpc) is 3.17. The molecule has 0 radical (unpaired) electrons. The molecule has 0 amide bonds. The highest BCUT2D eigenvalue weighted by molar-refractivity contribution is 6.03. The molecule has 0 bridgehead atoms. The maximum atomic E-state index is 10.3. The van der Waals surface area contributed by atoms with E-state index in [2.05, 4.69) is 9.98 Å². The minimum atomic E-state index is 0.203. The van der Waals surface area contributed by atoms with Gasteiger partial charge < -0.3 is 9.52 Å². The van der Waals surface area contributed by atoms with Gasteiger partial charge in [0.15, 0.2) is 5.58 Å². The average molecular weight is 364 g/mol. The van der Waals surface area contributed by atoms with Crippen LogP contribution in [0.1, 0.15) is 5.56 Å². The number of rotatable bonds is 3. The van der Waals surface area contributed by atoms with Gasteiger partial charge >= 0.3 is 0 Å². The first-order valence-electron chi connectivity index (χ1n) is 8.99. The van der Waals surface area contributed by atoms with Gasteiger partial charge in [-0.15, -0.1) is 0 Å². The van der Waals surface area contributed by atoms with E-state index in [1.54, 1.807) is 12.3 Å². The third-order valence-corrected chi connectivity index (χ3v) is 4.68. The number of oxazole rings is 1. The molecule has 1 aromatic heterocycles. The number of hydrogen-bond acceptors (Lipinski definition) is 4. The number of aliphatic imine (C=N–C) groups is 1. The van der Waals surface area contributed by atoms with Crippen LogP contribution in [0.15, 0.2) is 94.3 Å². The highest BCUT2D eigenvalue weighted by atomic mass is 16.3. The van der Waals surface area contributed by atoms with E-state index in [0.29, 0.717) is 17.0 Å². The van der Waals surface area contributed by atoms with Crippen LogP contribution >= 0.6 is 0 Å². The van der Waals surface area contributed by atoms with E-state index >= 15 is 0 Å². The fraction of sp³-hybridized carbons (Fsp3) is 0. The lowest BCUT2D eigenvalue weighted by Gasteiger charge is -2.04. The zero-order valence-electron chi connectivity index (χ0n) is 14.9. The number of hydrogen-bond donors (Lipinski definition) is 1. The fourth-order valence-corrected chi connectivity index (χ4v) is 3.26. The molecule has 0 saturated carbocycles. The number of aromatic hydroxyl groups is 1. The van der Waals surface area contributed by atoms with Crippen molar-refractivity contribution >= 4 is 33.8 Å². The van der Waals surface area contributed by atoms with Crippen LogP contribution in [0.5, 0.6) is 5.75 Å². The summed E-state index contributed by atoms with van der Waals surface area (Å²) in [5, 5.41) is 12.3. The predicted molar refractivity (Wildman–Crippen MR) is 112 cm³/mol. The number of phenols is 1. The maximum absolute atomic E-state index is 10.3. The Bertz CT molecular complexity index is 1320. The van der Waals surface area contributed by atoms with Gasteiger partial charge in [0.1, 0.15) is 11.3 Å². The Kier molecular flexibility index (Phi) is 3.87. The zero-order chi connectivity index (χ0) is 18.9. The normalized spacial score (nSPS) is 11.6. The monoisotopic (exact) mass is 364 g/mol. The van der Waals surface area contributed by atoms with E-state index in [1.165, 1.54) is 0 Å². The fourth-order valence-electron chi connectivity index (χ4n) is 3.26. The van der Waals surface area contributed by atoms with Crippen LogP contribution in [-0.2, 0) is 0 Å². The van der Waals surface area contributed by atoms with E-state index in [4.69, 9.17) is 4.42 Å². The van der Waals surface area contributed by atoms with E-state index < -0.39 is 0 Å². The van der Waals surface area contributed by atoms with Crippen molar-refractivity contribution in [2.75, 3.05) is 0 Å². The van der Waals surface area contributed by atoms with E-state index in [9.17, 15) is 5.11 Å². The molecule has 28 heavy (non-hydrogen) atoms. The van der Waals surface area contributed by atoms with Crippen molar-refractivity contribution in [1.82, 2.24) is 4.98 Å². The van der Waals surface area contributed by atoms with Crippen LogP contribution in [-0.4, -0.2) is 16.3 Å². The van der Waals surface area contributed by atoms with Crippen LogP contribution in [0.25, 0.3) is 33.3 Å². The minimum absolute atomic E-state index is 0.203. The molecule has 5 aromatic rings. The van der Waals surface area contributed by atoms with Crippen molar-refractivity contribution in [2.45, 2.75) is 0 Å². The summed E-state index contributed by atoms with van der Waals surface area (Å²) in [6.07, 6.45) is 1.69. The van der Waals surface area contributed by atoms with Gasteiger partial charge in [-0.05, 0) is 41.1 Å². The van der Waals surface area contributed by atoms with Crippen LogP contribution in [0.2, 0.25) is 0 Å². The lowest BCUT2D eigenvalue weighted by atomic mass is 10.0. The molecule has 0 saturated heterocycles. The summed E-state index contributed by atoms with van der Waals surface area (Å²) >= 11 is 0. The molecule has 4 heteroatoms. The largest absolute Gasteiger partial charge is 0.507 e. The van der Waals surface area contributed by atoms with Crippen LogP contribution < -0.4 is 0 Å². The number of nitrogens with zero attached hydrogens (tertiary/aromatic N) is 2. The summed E-state index contributed by atoms with van der Waals surface area (Å²) < 4.78 is 5.91. The molecule has 1 N–H and O–H groups in total. The number of benzene rings is 4. The van der Waals surface area contributed by atoms with Gasteiger partial charge in [-0.25, -0.2) is 4.98 Å². The van der Waals surface area contributed by atoms with Gasteiger partial charge in [0.25, 0.3) is 0 Å². The van der Waals surface area contributed by atoms with Gasteiger partial charge in [0.05, 0.1) is 5.69 Å². The third kappa shape index (κ3) is 2.91. The molecule has 0 atom stereocenters. The smallest absolute Gasteiger partial charge is 0.227 e. The summed E-state index contributed by atoms with van der Waals surface area (Å²) in [6.45, 7) is 0. The Morgan fingerprint density at radius 1 is 0.857 bits per heavy atom. The molecule has 0 fully saturated rings. The number of fused-ring (bicyclic) bond motifs is 2. The lowest BCUT2D eigenvalue weighted by molar-refractivity contribution is 0.475. The summed E-state index contributed by atoms with van der Waals surface area (Å²) in [5.41, 5.74) is 3.82. The Morgan fingerprint density at radius 3 is 2.57 bits per heavy atom. The molecular weight excluding hydrogens is 348 g/mol. The Balaban J connectivity index is 1.53. The Hall–Kier alpha value is -3.92. The van der Waals surface area contributed by atoms with E-state index in [-0.39, 0.29) is 5.75 Å². The van der Waals surface area contributed by atoms with Gasteiger partial charge in [0, 0.05) is 23.4 Å². The summed E-state index contributed by atoms with van der Waals surface area (Å²) in [7, 11) is 0. The molecule has 0 unspecified atom stereocenters. The molecule has 0 aliphatic carbocycles. The van der Waals surface area contributed by atoms with Gasteiger partial charge in [-0.3, -0.25) is 4.99 Å². The second kappa shape index (κ2) is 6.67. The van der Waals surface area contributed by atoms with Crippen molar-refractivity contribution in [2.24, 2.45) is 4.99 Å². The maximum Gasteiger partial charge on any atom is 0.227 e. The molecule has 134 valence electrons. The van der Waals surface area contributed by atoms with Crippen molar-refractivity contribution in [1.29, 1.82) is 0 Å². The summed E-state index contributed by atoms with van der Waals surface area (Å²) in [6, 6.07) is 26.9.